The molecule has 1 unspecified atom stereocenters. The topological polar surface area (TPSA) is 52.6 Å². The summed E-state index contributed by atoms with van der Waals surface area (Å²) in [6.45, 7) is 12.1. The third-order valence-electron chi connectivity index (χ3n) is 8.24. The van der Waals surface area contributed by atoms with Gasteiger partial charge in [0.15, 0.2) is 0 Å². The van der Waals surface area contributed by atoms with Gasteiger partial charge in [0.25, 0.3) is 0 Å². The lowest BCUT2D eigenvalue weighted by molar-refractivity contribution is -0.306. The Bertz CT molecular complexity index is 1030. The molecule has 202 valence electrons. The number of nitrogens with zero attached hydrogens (tertiary/aromatic N) is 1. The number of hydrogen-bond donors (Lipinski definition) is 0. The molecule has 1 heterocycles. The van der Waals surface area contributed by atoms with Crippen LogP contribution in [0.4, 0.5) is 5.69 Å². The van der Waals surface area contributed by atoms with Crippen molar-refractivity contribution < 1.29 is 14.6 Å². The van der Waals surface area contributed by atoms with Crippen molar-refractivity contribution >= 4 is 11.7 Å². The van der Waals surface area contributed by atoms with Gasteiger partial charge in [-0.05, 0) is 116 Å². The van der Waals surface area contributed by atoms with Gasteiger partial charge in [-0.1, -0.05) is 52.0 Å². The van der Waals surface area contributed by atoms with E-state index in [2.05, 4.69) is 56.9 Å². The molecule has 4 heteroatoms. The van der Waals surface area contributed by atoms with Crippen LogP contribution in [0.2, 0.25) is 0 Å². The molecule has 1 aliphatic carbocycles. The average molecular weight is 505 g/mol. The van der Waals surface area contributed by atoms with E-state index < -0.39 is 5.97 Å². The van der Waals surface area contributed by atoms with Gasteiger partial charge in [0.2, 0.25) is 0 Å². The van der Waals surface area contributed by atoms with Gasteiger partial charge < -0.3 is 19.5 Å². The molecule has 2 aromatic carbocycles. The lowest BCUT2D eigenvalue weighted by atomic mass is 9.88. The van der Waals surface area contributed by atoms with Crippen molar-refractivity contribution in [1.82, 2.24) is 0 Å². The summed E-state index contributed by atoms with van der Waals surface area (Å²) in [4.78, 5) is 13.9. The molecule has 1 saturated heterocycles. The molecule has 37 heavy (non-hydrogen) atoms. The van der Waals surface area contributed by atoms with Crippen LogP contribution in [-0.4, -0.2) is 25.7 Å². The third-order valence-corrected chi connectivity index (χ3v) is 8.24. The summed E-state index contributed by atoms with van der Waals surface area (Å²) in [7, 11) is 0. The fourth-order valence-electron chi connectivity index (χ4n) is 5.77. The zero-order valence-corrected chi connectivity index (χ0v) is 23.4. The SMILES string of the molecule is CCc1ccc(CCCC(C)(C)C)c(N2CCC(COc3cccc(C(CC(=O)[O-])C4CC4)c3)CC2)c1. The molecule has 1 atom stereocenters. The maximum absolute atomic E-state index is 11.3. The van der Waals surface area contributed by atoms with Crippen LogP contribution in [0.1, 0.15) is 95.2 Å². The van der Waals surface area contributed by atoms with Crippen LogP contribution in [-0.2, 0) is 17.6 Å². The van der Waals surface area contributed by atoms with E-state index in [1.165, 1.54) is 29.7 Å². The quantitative estimate of drug-likeness (QED) is 0.329. The van der Waals surface area contributed by atoms with E-state index in [-0.39, 0.29) is 12.3 Å². The summed E-state index contributed by atoms with van der Waals surface area (Å²) in [5.41, 5.74) is 5.82. The zero-order valence-electron chi connectivity index (χ0n) is 23.4. The van der Waals surface area contributed by atoms with Crippen LogP contribution in [0.15, 0.2) is 42.5 Å². The summed E-state index contributed by atoms with van der Waals surface area (Å²) in [6.07, 6.45) is 9.29. The van der Waals surface area contributed by atoms with Gasteiger partial charge in [0.1, 0.15) is 5.75 Å². The molecule has 2 aromatic rings. The summed E-state index contributed by atoms with van der Waals surface area (Å²) in [5.74, 6) is 0.967. The van der Waals surface area contributed by atoms with Crippen LogP contribution < -0.4 is 14.7 Å². The lowest BCUT2D eigenvalue weighted by Crippen LogP contribution is -2.36. The highest BCUT2D eigenvalue weighted by Gasteiger charge is 2.32. The molecule has 0 amide bonds. The fraction of sp³-hybridized carbons (Fsp3) is 0.606. The molecule has 0 radical (unpaired) electrons. The maximum atomic E-state index is 11.3. The van der Waals surface area contributed by atoms with Crippen molar-refractivity contribution in [3.8, 4) is 5.75 Å². The van der Waals surface area contributed by atoms with E-state index in [9.17, 15) is 9.90 Å². The Morgan fingerprint density at radius 3 is 2.49 bits per heavy atom. The molecule has 1 saturated carbocycles. The fourth-order valence-corrected chi connectivity index (χ4v) is 5.77. The Hall–Kier alpha value is -2.49. The number of aryl methyl sites for hydroxylation is 2. The maximum Gasteiger partial charge on any atom is 0.119 e. The van der Waals surface area contributed by atoms with E-state index in [0.717, 1.165) is 69.5 Å². The van der Waals surface area contributed by atoms with Crippen LogP contribution in [0.25, 0.3) is 0 Å². The van der Waals surface area contributed by atoms with Crippen LogP contribution in [0.3, 0.4) is 0 Å². The predicted molar refractivity (Wildman–Crippen MR) is 150 cm³/mol. The molecule has 2 fully saturated rings. The van der Waals surface area contributed by atoms with E-state index in [0.29, 0.717) is 17.3 Å². The van der Waals surface area contributed by atoms with Crippen LogP contribution in [0, 0.1) is 17.3 Å². The molecule has 0 spiro atoms. The lowest BCUT2D eigenvalue weighted by Gasteiger charge is -2.35. The molecular formula is C33H46NO3-. The normalized spacial score (nSPS) is 17.6. The standard InChI is InChI=1S/C33H47NO3/c1-5-24-11-12-27(9-7-17-33(2,3)4)31(20-24)34-18-15-25(16-19-34)23-37-29-10-6-8-28(21-29)30(22-32(35)36)26-13-14-26/h6,8,10-12,20-21,25-26,30H,5,7,9,13-19,22-23H2,1-4H3,(H,35,36)/p-1. The van der Waals surface area contributed by atoms with Crippen molar-refractivity contribution in [2.45, 2.75) is 91.4 Å². The van der Waals surface area contributed by atoms with Gasteiger partial charge in [-0.15, -0.1) is 0 Å². The second-order valence-corrected chi connectivity index (χ2v) is 12.6. The number of hydrogen-bond acceptors (Lipinski definition) is 4. The zero-order chi connectivity index (χ0) is 26.4. The predicted octanol–water partition coefficient (Wildman–Crippen LogP) is 6.55. The Kier molecular flexibility index (Phi) is 9.21. The minimum absolute atomic E-state index is 0.0493. The number of carbonyl (C=O) groups excluding carboxylic acids is 1. The Morgan fingerprint density at radius 1 is 1.08 bits per heavy atom. The first-order valence-electron chi connectivity index (χ1n) is 14.5. The molecular weight excluding hydrogens is 458 g/mol. The number of rotatable bonds is 12. The number of benzene rings is 2. The summed E-state index contributed by atoms with van der Waals surface area (Å²) in [6, 6.07) is 15.2. The third kappa shape index (κ3) is 8.25. The first kappa shape index (κ1) is 27.5. The van der Waals surface area contributed by atoms with Gasteiger partial charge in [-0.25, -0.2) is 0 Å². The van der Waals surface area contributed by atoms with Gasteiger partial charge >= 0.3 is 0 Å². The molecule has 0 bridgehead atoms. The number of carbonyl (C=O) groups is 1. The second-order valence-electron chi connectivity index (χ2n) is 12.6. The molecule has 1 aliphatic heterocycles. The largest absolute Gasteiger partial charge is 0.550 e. The molecule has 4 nitrogen and oxygen atoms in total. The van der Waals surface area contributed by atoms with Crippen molar-refractivity contribution in [1.29, 1.82) is 0 Å². The van der Waals surface area contributed by atoms with Crippen molar-refractivity contribution in [2.75, 3.05) is 24.6 Å². The van der Waals surface area contributed by atoms with E-state index >= 15 is 0 Å². The monoisotopic (exact) mass is 504 g/mol. The van der Waals surface area contributed by atoms with E-state index in [1.807, 2.05) is 18.2 Å². The molecule has 4 rings (SSSR count). The van der Waals surface area contributed by atoms with E-state index in [4.69, 9.17) is 4.74 Å². The smallest absolute Gasteiger partial charge is 0.119 e. The van der Waals surface area contributed by atoms with Gasteiger partial charge in [-0.2, -0.15) is 0 Å². The second kappa shape index (κ2) is 12.4. The highest BCUT2D eigenvalue weighted by atomic mass is 16.5. The van der Waals surface area contributed by atoms with Crippen molar-refractivity contribution in [3.63, 3.8) is 0 Å². The Morgan fingerprint density at radius 2 is 1.84 bits per heavy atom. The van der Waals surface area contributed by atoms with Crippen LogP contribution >= 0.6 is 0 Å². The number of carboxylic acids is 1. The van der Waals surface area contributed by atoms with Gasteiger partial charge in [0, 0.05) is 24.7 Å². The number of ether oxygens (including phenoxy) is 1. The molecule has 0 N–H and O–H groups in total. The number of carboxylic acid groups (broad SMARTS) is 1. The highest BCUT2D eigenvalue weighted by Crippen LogP contribution is 2.45. The number of aliphatic carboxylic acids is 1. The highest BCUT2D eigenvalue weighted by molar-refractivity contribution is 5.66. The Labute approximate surface area is 224 Å². The van der Waals surface area contributed by atoms with E-state index in [1.54, 1.807) is 0 Å². The first-order chi connectivity index (χ1) is 17.7. The summed E-state index contributed by atoms with van der Waals surface area (Å²) < 4.78 is 6.25. The first-order valence-corrected chi connectivity index (χ1v) is 14.5. The summed E-state index contributed by atoms with van der Waals surface area (Å²) >= 11 is 0. The number of piperidine rings is 1. The Balaban J connectivity index is 1.32. The van der Waals surface area contributed by atoms with Crippen molar-refractivity contribution in [2.24, 2.45) is 17.3 Å². The summed E-state index contributed by atoms with van der Waals surface area (Å²) in [5, 5.41) is 11.3. The van der Waals surface area contributed by atoms with Gasteiger partial charge in [0.05, 0.1) is 6.61 Å². The van der Waals surface area contributed by atoms with Crippen molar-refractivity contribution in [3.05, 3.63) is 59.2 Å². The van der Waals surface area contributed by atoms with Crippen LogP contribution in [0.5, 0.6) is 5.75 Å². The number of anilines is 1. The van der Waals surface area contributed by atoms with Gasteiger partial charge in [-0.3, -0.25) is 0 Å². The minimum Gasteiger partial charge on any atom is -0.550 e. The molecule has 2 aliphatic rings. The molecule has 0 aromatic heterocycles. The minimum atomic E-state index is -0.961. The average Bonchev–Trinajstić information content (AvgIpc) is 3.71.